The van der Waals surface area contributed by atoms with Gasteiger partial charge in [-0.25, -0.2) is 0 Å². The van der Waals surface area contributed by atoms with Gasteiger partial charge in [-0.2, -0.15) is 0 Å². The number of esters is 1. The minimum Gasteiger partial charge on any atom is -0.465 e. The Morgan fingerprint density at radius 2 is 2.12 bits per heavy atom. The highest BCUT2D eigenvalue weighted by Gasteiger charge is 2.22. The van der Waals surface area contributed by atoms with Gasteiger partial charge in [0.2, 0.25) is 0 Å². The van der Waals surface area contributed by atoms with Crippen LogP contribution in [0.3, 0.4) is 0 Å². The summed E-state index contributed by atoms with van der Waals surface area (Å²) in [6.07, 6.45) is 0.713. The molecule has 0 aliphatic carbocycles. The van der Waals surface area contributed by atoms with Crippen molar-refractivity contribution in [2.45, 2.75) is 27.2 Å². The summed E-state index contributed by atoms with van der Waals surface area (Å²) < 4.78 is 10.6. The van der Waals surface area contributed by atoms with Crippen molar-refractivity contribution >= 4 is 17.1 Å². The molecule has 0 fully saturated rings. The number of furan rings is 2. The molecule has 0 atom stereocenters. The van der Waals surface area contributed by atoms with E-state index in [1.54, 1.807) is 0 Å². The molecule has 0 spiro atoms. The lowest BCUT2D eigenvalue weighted by Gasteiger charge is -2.16. The lowest BCUT2D eigenvalue weighted by Crippen LogP contribution is -2.23. The zero-order chi connectivity index (χ0) is 11.8. The molecule has 3 nitrogen and oxygen atoms in total. The number of fused-ring (bicyclic) bond motifs is 2. The Morgan fingerprint density at radius 1 is 1.38 bits per heavy atom. The van der Waals surface area contributed by atoms with Crippen molar-refractivity contribution in [1.29, 1.82) is 0 Å². The number of carbonyl (C=O) groups excluding carboxylic acids is 1. The van der Waals surface area contributed by atoms with E-state index in [9.17, 15) is 4.79 Å². The number of ether oxygens (including phenoxy) is 1. The summed E-state index contributed by atoms with van der Waals surface area (Å²) in [5.74, 6) is -0.162. The Hall–Kier alpha value is -1.51. The first kappa shape index (κ1) is 11.0. The van der Waals surface area contributed by atoms with Gasteiger partial charge in [-0.05, 0) is 39.0 Å². The predicted molar refractivity (Wildman–Crippen MR) is 61.5 cm³/mol. The second kappa shape index (κ2) is 3.81. The van der Waals surface area contributed by atoms with Gasteiger partial charge in [0.1, 0.15) is 11.2 Å². The third-order valence-corrected chi connectivity index (χ3v) is 2.48. The van der Waals surface area contributed by atoms with Crippen LogP contribution in [0.2, 0.25) is 0 Å². The fourth-order valence-electron chi connectivity index (χ4n) is 1.51. The van der Waals surface area contributed by atoms with Crippen molar-refractivity contribution < 1.29 is 13.9 Å². The van der Waals surface area contributed by atoms with Crippen molar-refractivity contribution in [3.63, 3.8) is 0 Å². The molecule has 2 heterocycles. The fourth-order valence-corrected chi connectivity index (χ4v) is 1.51. The Kier molecular flexibility index (Phi) is 2.62. The number of carbonyl (C=O) groups is 1. The van der Waals surface area contributed by atoms with Crippen molar-refractivity contribution in [2.75, 3.05) is 6.61 Å². The summed E-state index contributed by atoms with van der Waals surface area (Å²) in [6.45, 7) is 5.96. The van der Waals surface area contributed by atoms with E-state index < -0.39 is 5.41 Å². The SMILES string of the molecule is CC(C)(C)C(=O)OCCc1cc2ccc1o2. The lowest BCUT2D eigenvalue weighted by atomic mass is 9.97. The molecule has 0 aromatic carbocycles. The van der Waals surface area contributed by atoms with Gasteiger partial charge in [-0.3, -0.25) is 4.79 Å². The summed E-state index contributed by atoms with van der Waals surface area (Å²) >= 11 is 0. The summed E-state index contributed by atoms with van der Waals surface area (Å²) in [5.41, 5.74) is 2.45. The van der Waals surface area contributed by atoms with E-state index in [0.29, 0.717) is 13.0 Å². The van der Waals surface area contributed by atoms with E-state index in [1.807, 2.05) is 39.0 Å². The average Bonchev–Trinajstić information content (AvgIpc) is 2.77. The fraction of sp³-hybridized carbons (Fsp3) is 0.462. The van der Waals surface area contributed by atoms with Gasteiger partial charge in [0.25, 0.3) is 0 Å². The topological polar surface area (TPSA) is 39.4 Å². The molecular formula is C13H16O3. The maximum atomic E-state index is 11.5. The molecule has 2 aromatic heterocycles. The van der Waals surface area contributed by atoms with Crippen molar-refractivity contribution in [3.05, 3.63) is 23.8 Å². The molecule has 2 aromatic rings. The molecule has 16 heavy (non-hydrogen) atoms. The molecule has 0 aliphatic heterocycles. The van der Waals surface area contributed by atoms with E-state index in [1.165, 1.54) is 0 Å². The molecular weight excluding hydrogens is 204 g/mol. The molecule has 0 unspecified atom stereocenters. The van der Waals surface area contributed by atoms with Crippen molar-refractivity contribution in [1.82, 2.24) is 0 Å². The first-order chi connectivity index (χ1) is 7.47. The largest absolute Gasteiger partial charge is 0.465 e. The molecule has 2 rings (SSSR count). The summed E-state index contributed by atoms with van der Waals surface area (Å²) in [7, 11) is 0. The molecule has 0 amide bonds. The molecule has 0 saturated carbocycles. The third kappa shape index (κ3) is 2.18. The number of hydrogen-bond acceptors (Lipinski definition) is 3. The minimum absolute atomic E-state index is 0.162. The highest BCUT2D eigenvalue weighted by Crippen LogP contribution is 2.22. The van der Waals surface area contributed by atoms with Gasteiger partial charge >= 0.3 is 5.97 Å². The van der Waals surface area contributed by atoms with E-state index in [-0.39, 0.29) is 5.97 Å². The highest BCUT2D eigenvalue weighted by molar-refractivity contribution is 5.75. The average molecular weight is 220 g/mol. The second-order valence-electron chi connectivity index (χ2n) is 5.01. The third-order valence-electron chi connectivity index (χ3n) is 2.48. The predicted octanol–water partition coefficient (Wildman–Crippen LogP) is 3.00. The smallest absolute Gasteiger partial charge is 0.311 e. The van der Waals surface area contributed by atoms with Gasteiger partial charge in [-0.15, -0.1) is 0 Å². The molecule has 0 saturated heterocycles. The van der Waals surface area contributed by atoms with Gasteiger partial charge < -0.3 is 9.15 Å². The van der Waals surface area contributed by atoms with Crippen LogP contribution in [0.25, 0.3) is 11.2 Å². The molecule has 0 aliphatic rings. The summed E-state index contributed by atoms with van der Waals surface area (Å²) in [4.78, 5) is 11.5. The van der Waals surface area contributed by atoms with E-state index >= 15 is 0 Å². The van der Waals surface area contributed by atoms with Crippen molar-refractivity contribution in [2.24, 2.45) is 5.41 Å². The first-order valence-corrected chi connectivity index (χ1v) is 5.45. The monoisotopic (exact) mass is 220 g/mol. The van der Waals surface area contributed by atoms with Gasteiger partial charge in [-0.1, -0.05) is 0 Å². The zero-order valence-corrected chi connectivity index (χ0v) is 9.87. The van der Waals surface area contributed by atoms with Crippen LogP contribution in [-0.4, -0.2) is 12.6 Å². The van der Waals surface area contributed by atoms with Gasteiger partial charge in [0.05, 0.1) is 12.0 Å². The van der Waals surface area contributed by atoms with Gasteiger partial charge in [0.15, 0.2) is 0 Å². The Labute approximate surface area is 94.7 Å². The standard InChI is InChI=1S/C13H16O3/c1-13(2,3)12(14)15-7-6-9-8-10-4-5-11(9)16-10/h4-5,8H,6-7H2,1-3H3. The van der Waals surface area contributed by atoms with Crippen LogP contribution >= 0.6 is 0 Å². The van der Waals surface area contributed by atoms with Crippen LogP contribution in [0.15, 0.2) is 22.6 Å². The molecule has 0 radical (unpaired) electrons. The quantitative estimate of drug-likeness (QED) is 0.746. The van der Waals surface area contributed by atoms with E-state index in [2.05, 4.69) is 0 Å². The number of rotatable bonds is 3. The zero-order valence-electron chi connectivity index (χ0n) is 9.87. The van der Waals surface area contributed by atoms with E-state index in [0.717, 1.165) is 16.7 Å². The highest BCUT2D eigenvalue weighted by atomic mass is 16.5. The van der Waals surface area contributed by atoms with Crippen LogP contribution < -0.4 is 0 Å². The first-order valence-electron chi connectivity index (χ1n) is 5.45. The molecule has 86 valence electrons. The summed E-state index contributed by atoms with van der Waals surface area (Å²) in [6, 6.07) is 5.86. The lowest BCUT2D eigenvalue weighted by molar-refractivity contribution is -0.152. The van der Waals surface area contributed by atoms with E-state index in [4.69, 9.17) is 9.15 Å². The summed E-state index contributed by atoms with van der Waals surface area (Å²) in [5, 5.41) is 0. The Bertz CT molecular complexity index is 476. The maximum absolute atomic E-state index is 11.5. The van der Waals surface area contributed by atoms with Crippen LogP contribution in [0.5, 0.6) is 0 Å². The normalized spacial score (nSPS) is 12.2. The van der Waals surface area contributed by atoms with Crippen LogP contribution in [-0.2, 0) is 16.0 Å². The second-order valence-corrected chi connectivity index (χ2v) is 5.01. The van der Waals surface area contributed by atoms with Crippen LogP contribution in [0.4, 0.5) is 0 Å². The number of hydrogen-bond donors (Lipinski definition) is 0. The molecule has 3 heteroatoms. The maximum Gasteiger partial charge on any atom is 0.311 e. The van der Waals surface area contributed by atoms with Crippen LogP contribution in [0.1, 0.15) is 26.3 Å². The minimum atomic E-state index is -0.429. The molecule has 0 N–H and O–H groups in total. The van der Waals surface area contributed by atoms with Crippen molar-refractivity contribution in [3.8, 4) is 0 Å². The van der Waals surface area contributed by atoms with Crippen LogP contribution in [0, 0.1) is 5.41 Å². The molecule has 2 bridgehead atoms. The number of benzene rings is 1. The Balaban J connectivity index is 1.85. The van der Waals surface area contributed by atoms with Gasteiger partial charge in [0, 0.05) is 12.0 Å². The Morgan fingerprint density at radius 3 is 2.62 bits per heavy atom.